The van der Waals surface area contributed by atoms with Crippen LogP contribution in [0.5, 0.6) is 0 Å². The number of carbonyl (C=O) groups is 3. The molecule has 4 aromatic heterocycles. The summed E-state index contributed by atoms with van der Waals surface area (Å²) < 4.78 is 336. The minimum Gasteiger partial charge on any atom is -0.478 e. The van der Waals surface area contributed by atoms with Crippen LogP contribution < -0.4 is 33.6 Å². The van der Waals surface area contributed by atoms with Crippen LogP contribution in [0.15, 0.2) is 311 Å². The molecule has 0 aliphatic heterocycles. The van der Waals surface area contributed by atoms with Gasteiger partial charge in [0.05, 0.1) is 85.1 Å². The highest BCUT2D eigenvalue weighted by molar-refractivity contribution is 7.94. The second-order valence-electron chi connectivity index (χ2n) is 31.3. The molecule has 0 aliphatic rings. The van der Waals surface area contributed by atoms with Gasteiger partial charge in [0.1, 0.15) is 54.4 Å². The molecule has 0 spiro atoms. The van der Waals surface area contributed by atoms with Gasteiger partial charge >= 0.3 is 36.8 Å². The van der Waals surface area contributed by atoms with Gasteiger partial charge in [0.2, 0.25) is 5.91 Å². The maximum atomic E-state index is 14.0. The number of aromatic carboxylic acids is 1. The summed E-state index contributed by atoms with van der Waals surface area (Å²) in [6.45, 7) is 4.05. The molecule has 0 radical (unpaired) electrons. The first-order valence-electron chi connectivity index (χ1n) is 40.8. The number of thiophene rings is 4. The number of anilines is 7. The van der Waals surface area contributed by atoms with E-state index in [9.17, 15) is 123 Å². The fourth-order valence-electron chi connectivity index (χ4n) is 14.1. The fraction of sp³-hybridized carbons (Fsp3) is 0.162. The van der Waals surface area contributed by atoms with Crippen molar-refractivity contribution in [2.24, 2.45) is 0 Å². The number of alkyl halides is 12. The molecular weight excluding hydrogens is 2060 g/mol. The summed E-state index contributed by atoms with van der Waals surface area (Å²) in [6, 6.07) is 65.7. The smallest absolute Gasteiger partial charge is 0.419 e. The summed E-state index contributed by atoms with van der Waals surface area (Å²) in [5.41, 5.74) is -0.760. The van der Waals surface area contributed by atoms with Gasteiger partial charge in [0.25, 0.3) is 40.1 Å². The number of fused-ring (bicyclic) bond motifs is 4. The van der Waals surface area contributed by atoms with E-state index < -0.39 is 160 Å². The molecule has 20 nitrogen and oxygen atoms in total. The second-order valence-corrected chi connectivity index (χ2v) is 42.9. The first kappa shape index (κ1) is 111. The Hall–Kier alpha value is -13.6. The molecule has 2 amide bonds. The van der Waals surface area contributed by atoms with Crippen LogP contribution in [0.4, 0.5) is 112 Å². The van der Waals surface area contributed by atoms with Crippen LogP contribution in [-0.2, 0) is 101 Å². The number of sulfonamides is 4. The Labute approximate surface area is 827 Å². The quantitative estimate of drug-likeness (QED) is 0.0434. The molecule has 0 saturated carbocycles. The third kappa shape index (κ3) is 25.5. The molecule has 44 heteroatoms. The van der Waals surface area contributed by atoms with Gasteiger partial charge in [-0.2, -0.15) is 52.7 Å². The standard InChI is InChI=1S/C27H24F4N2O4S2.C24H18F4N2O3S2.C23H15F4NO4S2.C22H16F4N2O2S2.3CH4/c1-26(2,3)37-25(34)32-23-19-11-7-8-12-22(19)38-24(23)33(39(35,36)18-9-5-4-6-10-18)16-17-13-14-21(28)20(15-17)27(29,30)31;1-15(31)29-22-18-9-5-6-10-21(18)34-23(22)30(35(32,33)17-7-3-2-4-8-17)14-16-11-12-20(25)19(13-16)24(26,27)28;24-18-11-10-14(12-17(18)23(25,26)27)13-28(34(31,32)15-6-2-1-3-7-15)21-20(22(29)30)16-8-4-5-9-19(16)33-21;23-18-11-10-14(12-17(18)22(24,25)26)13-28(32(29,30)15-6-2-1-3-7-15)21-20(27)16-8-4-5-9-19(16)31-21;;;/h4-15H,16H2,1-3H3,(H,32,34);2-13H,14H2,1H3,(H,29,31);1-12H,13H2,(H,29,30);1-12H,13,27H2;3*1H4. The lowest BCUT2D eigenvalue weighted by Crippen LogP contribution is -2.32. The van der Waals surface area contributed by atoms with E-state index in [2.05, 4.69) is 10.6 Å². The average Bonchev–Trinajstić information content (AvgIpc) is 1.63. The van der Waals surface area contributed by atoms with Gasteiger partial charge in [0.15, 0.2) is 0 Å². The fourth-order valence-corrected chi connectivity index (χ4v) is 25.5. The number of benzene rings is 12. The summed E-state index contributed by atoms with van der Waals surface area (Å²) in [5.74, 6) is -7.71. The van der Waals surface area contributed by atoms with Gasteiger partial charge in [-0.25, -0.2) is 60.8 Å². The van der Waals surface area contributed by atoms with Crippen LogP contribution in [0.2, 0.25) is 0 Å². The third-order valence-corrected chi connectivity index (χ3v) is 32.7. The van der Waals surface area contributed by atoms with Gasteiger partial charge in [0, 0.05) is 47.3 Å². The Morgan fingerprint density at radius 3 is 0.853 bits per heavy atom. The lowest BCUT2D eigenvalue weighted by Gasteiger charge is -2.26. The summed E-state index contributed by atoms with van der Waals surface area (Å²) in [7, 11) is -17.3. The normalized spacial score (nSPS) is 11.9. The molecule has 0 aliphatic carbocycles. The highest BCUT2D eigenvalue weighted by atomic mass is 32.2. The van der Waals surface area contributed by atoms with Crippen molar-refractivity contribution >= 4 is 181 Å². The molecule has 12 aromatic carbocycles. The van der Waals surface area contributed by atoms with Gasteiger partial charge in [-0.15, -0.1) is 45.3 Å². The maximum Gasteiger partial charge on any atom is 0.419 e. The Morgan fingerprint density at radius 2 is 0.573 bits per heavy atom. The van der Waals surface area contributed by atoms with E-state index >= 15 is 0 Å². The Kier molecular flexibility index (Phi) is 34.6. The van der Waals surface area contributed by atoms with Crippen LogP contribution >= 0.6 is 45.3 Å². The molecule has 5 N–H and O–H groups in total. The van der Waals surface area contributed by atoms with E-state index in [1.54, 1.807) is 148 Å². The number of hydrogen-bond donors (Lipinski definition) is 4. The van der Waals surface area contributed by atoms with E-state index in [1.807, 2.05) is 0 Å². The average molecular weight is 2140 g/mol. The van der Waals surface area contributed by atoms with E-state index in [4.69, 9.17) is 10.5 Å². The number of nitrogens with one attached hydrogen (secondary N) is 2. The number of amides is 2. The van der Waals surface area contributed by atoms with Gasteiger partial charge < -0.3 is 20.9 Å². The van der Waals surface area contributed by atoms with Crippen LogP contribution in [-0.4, -0.2) is 62.3 Å². The SMILES string of the molecule is C.C.C.CC(=O)Nc1c(N(Cc2ccc(F)c(C(F)(F)F)c2)S(=O)(=O)c2ccccc2)sc2ccccc12.CC(C)(C)OC(=O)Nc1c(N(Cc2ccc(F)c(C(F)(F)F)c2)S(=O)(=O)c2ccccc2)sc2ccccc12.Nc1c(N(Cc2ccc(F)c(C(F)(F)F)c2)S(=O)(=O)c2ccccc2)sc2ccccc12.O=C(O)c1c(N(Cc2ccc(F)c(C(F)(F)F)c2)S(=O)(=O)c2ccccc2)sc2ccccc12. The number of nitrogens with zero attached hydrogens (tertiary/aromatic N) is 4. The van der Waals surface area contributed by atoms with Crippen LogP contribution in [0.3, 0.4) is 0 Å². The van der Waals surface area contributed by atoms with Crippen molar-refractivity contribution in [1.82, 2.24) is 0 Å². The summed E-state index contributed by atoms with van der Waals surface area (Å²) >= 11 is 4.08. The first-order valence-corrected chi connectivity index (χ1v) is 49.8. The van der Waals surface area contributed by atoms with E-state index in [-0.39, 0.29) is 107 Å². The van der Waals surface area contributed by atoms with E-state index in [1.165, 1.54) is 97.9 Å². The highest BCUT2D eigenvalue weighted by Crippen LogP contribution is 2.51. The number of carboxylic acids is 1. The number of ether oxygens (including phenoxy) is 1. The van der Waals surface area contributed by atoms with Crippen molar-refractivity contribution in [2.45, 2.75) is 126 Å². The molecule has 143 heavy (non-hydrogen) atoms. The number of nitrogen functional groups attached to an aromatic ring is 1. The summed E-state index contributed by atoms with van der Waals surface area (Å²) in [4.78, 5) is 36.4. The number of rotatable bonds is 23. The number of halogens is 16. The molecule has 754 valence electrons. The lowest BCUT2D eigenvalue weighted by atomic mass is 10.1. The van der Waals surface area contributed by atoms with Crippen LogP contribution in [0, 0.1) is 23.3 Å². The van der Waals surface area contributed by atoms with Crippen molar-refractivity contribution in [2.75, 3.05) is 33.6 Å². The monoisotopic (exact) mass is 2140 g/mol. The Balaban J connectivity index is 0.000000195. The van der Waals surface area contributed by atoms with Crippen molar-refractivity contribution in [3.63, 3.8) is 0 Å². The lowest BCUT2D eigenvalue weighted by molar-refractivity contribution is -0.140. The third-order valence-electron chi connectivity index (χ3n) is 20.4. The molecule has 4 heterocycles. The van der Waals surface area contributed by atoms with Gasteiger partial charge in [-0.1, -0.05) is 192 Å². The predicted molar refractivity (Wildman–Crippen MR) is 528 cm³/mol. The largest absolute Gasteiger partial charge is 0.478 e. The zero-order valence-electron chi connectivity index (χ0n) is 72.6. The van der Waals surface area contributed by atoms with Crippen molar-refractivity contribution in [3.8, 4) is 0 Å². The second kappa shape index (κ2) is 44.5. The summed E-state index contributed by atoms with van der Waals surface area (Å²) in [6.07, 6.45) is -20.7. The number of nitrogens with two attached hydrogens (primary N) is 1. The Bertz CT molecular complexity index is 7810. The van der Waals surface area contributed by atoms with Crippen molar-refractivity contribution in [3.05, 3.63) is 365 Å². The molecule has 0 bridgehead atoms. The minimum atomic E-state index is -4.99. The summed E-state index contributed by atoms with van der Waals surface area (Å²) in [5, 5.41) is 17.3. The van der Waals surface area contributed by atoms with Crippen molar-refractivity contribution in [1.29, 1.82) is 0 Å². The molecule has 16 rings (SSSR count). The predicted octanol–water partition coefficient (Wildman–Crippen LogP) is 28.3. The topological polar surface area (TPSA) is 280 Å². The first-order chi connectivity index (χ1) is 65.7. The number of hydrogen-bond acceptors (Lipinski definition) is 17. The zero-order chi connectivity index (χ0) is 102. The molecule has 16 aromatic rings. The van der Waals surface area contributed by atoms with Crippen molar-refractivity contribution < 1.29 is 128 Å². The van der Waals surface area contributed by atoms with E-state index in [0.29, 0.717) is 84.2 Å². The molecular formula is C99H85F16N7O13S8. The van der Waals surface area contributed by atoms with Crippen LogP contribution in [0.25, 0.3) is 40.3 Å². The molecule has 0 unspecified atom stereocenters. The zero-order valence-corrected chi connectivity index (χ0v) is 79.1. The maximum absolute atomic E-state index is 14.0. The van der Waals surface area contributed by atoms with Gasteiger partial charge in [-0.05, 0) is 164 Å². The van der Waals surface area contributed by atoms with Gasteiger partial charge in [-0.3, -0.25) is 27.3 Å². The van der Waals surface area contributed by atoms with Crippen LogP contribution in [0.1, 0.15) is 105 Å². The molecule has 0 atom stereocenters. The van der Waals surface area contributed by atoms with E-state index in [0.717, 1.165) is 91.5 Å². The number of carboxylic acid groups (broad SMARTS) is 1. The highest BCUT2D eigenvalue weighted by Gasteiger charge is 2.42. The minimum absolute atomic E-state index is 0. The number of carbonyl (C=O) groups excluding carboxylic acids is 2. The Morgan fingerprint density at radius 1 is 0.336 bits per heavy atom. The molecule has 0 saturated heterocycles. The molecule has 0 fully saturated rings.